The molecule has 1 N–H and O–H groups in total. The minimum Gasteiger partial charge on any atom is -0.508 e. The third kappa shape index (κ3) is 2.65. The van der Waals surface area contributed by atoms with Crippen LogP contribution in [0.1, 0.15) is 0 Å². The Hall–Kier alpha value is -2.16. The van der Waals surface area contributed by atoms with E-state index in [1.807, 2.05) is 12.1 Å². The summed E-state index contributed by atoms with van der Waals surface area (Å²) in [5, 5.41) is 9.29. The fourth-order valence-corrected chi connectivity index (χ4v) is 2.45. The number of hydrogen-bond acceptors (Lipinski definition) is 3. The highest BCUT2D eigenvalue weighted by Gasteiger charge is 2.17. The number of phenols is 1. The van der Waals surface area contributed by atoms with Crippen molar-refractivity contribution in [2.45, 2.75) is 0 Å². The number of para-hydroxylation sites is 1. The van der Waals surface area contributed by atoms with Crippen molar-refractivity contribution in [3.8, 4) is 5.75 Å². The summed E-state index contributed by atoms with van der Waals surface area (Å²) in [6.45, 7) is 3.99. The molecular weight excluding hydrogens is 236 g/mol. The number of nitrogens with zero attached hydrogens (tertiary/aromatic N) is 2. The monoisotopic (exact) mass is 253 g/mol. The van der Waals surface area contributed by atoms with Crippen molar-refractivity contribution in [1.82, 2.24) is 0 Å². The number of piperazine rings is 1. The average Bonchev–Trinajstić information content (AvgIpc) is 2.49. The van der Waals surface area contributed by atoms with E-state index in [2.05, 4.69) is 40.1 Å². The Kier molecular flexibility index (Phi) is 3.27. The van der Waals surface area contributed by atoms with E-state index in [1.165, 1.54) is 5.69 Å². The molecule has 0 atom stereocenters. The quantitative estimate of drug-likeness (QED) is 0.891. The molecule has 97 valence electrons. The van der Waals surface area contributed by atoms with Gasteiger partial charge in [-0.3, -0.25) is 0 Å². The topological polar surface area (TPSA) is 26.7 Å². The van der Waals surface area contributed by atoms with Crippen LogP contribution in [0.5, 0.6) is 5.75 Å². The molecule has 19 heavy (non-hydrogen) atoms. The molecule has 1 radical (unpaired) electrons. The Morgan fingerprint density at radius 2 is 1.53 bits per heavy atom. The number of rotatable bonds is 2. The van der Waals surface area contributed by atoms with Gasteiger partial charge in [0, 0.05) is 43.6 Å². The molecule has 0 unspecified atom stereocenters. The van der Waals surface area contributed by atoms with Crippen molar-refractivity contribution in [2.24, 2.45) is 0 Å². The van der Waals surface area contributed by atoms with Gasteiger partial charge in [-0.15, -0.1) is 0 Å². The normalized spacial score (nSPS) is 15.6. The van der Waals surface area contributed by atoms with Gasteiger partial charge < -0.3 is 14.9 Å². The lowest BCUT2D eigenvalue weighted by molar-refractivity contribution is 0.475. The molecule has 2 aromatic rings. The van der Waals surface area contributed by atoms with Gasteiger partial charge in [0.1, 0.15) is 5.75 Å². The first-order chi connectivity index (χ1) is 9.33. The van der Waals surface area contributed by atoms with Crippen molar-refractivity contribution in [3.05, 3.63) is 54.6 Å². The summed E-state index contributed by atoms with van der Waals surface area (Å²) >= 11 is 0. The minimum absolute atomic E-state index is 0.270. The fraction of sp³-hybridized carbons (Fsp3) is 0.250. The lowest BCUT2D eigenvalue weighted by Gasteiger charge is -2.37. The van der Waals surface area contributed by atoms with E-state index >= 15 is 0 Å². The largest absolute Gasteiger partial charge is 0.508 e. The first kappa shape index (κ1) is 11.9. The van der Waals surface area contributed by atoms with Crippen LogP contribution in [-0.2, 0) is 0 Å². The third-order valence-corrected chi connectivity index (χ3v) is 3.52. The summed E-state index contributed by atoms with van der Waals surface area (Å²) in [5.41, 5.74) is 2.35. The molecule has 0 saturated carbocycles. The number of hydrogen-bond donors (Lipinski definition) is 1. The van der Waals surface area contributed by atoms with Crippen LogP contribution in [-0.4, -0.2) is 31.3 Å². The van der Waals surface area contributed by atoms with Gasteiger partial charge in [0.2, 0.25) is 0 Å². The molecule has 3 nitrogen and oxygen atoms in total. The molecule has 3 heteroatoms. The molecule has 1 aliphatic heterocycles. The van der Waals surface area contributed by atoms with Gasteiger partial charge in [0.25, 0.3) is 0 Å². The Morgan fingerprint density at radius 3 is 2.16 bits per heavy atom. The van der Waals surface area contributed by atoms with E-state index in [4.69, 9.17) is 0 Å². The van der Waals surface area contributed by atoms with E-state index in [0.29, 0.717) is 0 Å². The predicted octanol–water partition coefficient (Wildman–Crippen LogP) is 2.52. The number of phenolic OH excluding ortho intramolecular Hbond substituents is 1. The van der Waals surface area contributed by atoms with Crippen LogP contribution in [0.15, 0.2) is 48.5 Å². The fourth-order valence-electron chi connectivity index (χ4n) is 2.45. The summed E-state index contributed by atoms with van der Waals surface area (Å²) in [6.07, 6.45) is 0. The van der Waals surface area contributed by atoms with Crippen molar-refractivity contribution >= 4 is 11.4 Å². The summed E-state index contributed by atoms with van der Waals surface area (Å²) < 4.78 is 0. The standard InChI is InChI=1S/C16H17N2O/c19-16-8-6-15(7-9-16)18-12-10-17(11-13-18)14-4-2-1-3-5-14/h1-6,8-9,19H,10-13H2. The second kappa shape index (κ2) is 5.22. The molecule has 0 amide bonds. The maximum Gasteiger partial charge on any atom is 0.116 e. The summed E-state index contributed by atoms with van der Waals surface area (Å²) in [7, 11) is 0. The number of anilines is 2. The molecule has 1 aliphatic rings. The van der Waals surface area contributed by atoms with Crippen molar-refractivity contribution in [2.75, 3.05) is 36.0 Å². The van der Waals surface area contributed by atoms with Crippen LogP contribution in [0.4, 0.5) is 11.4 Å². The zero-order valence-electron chi connectivity index (χ0n) is 10.8. The van der Waals surface area contributed by atoms with Crippen molar-refractivity contribution < 1.29 is 5.11 Å². The van der Waals surface area contributed by atoms with Crippen LogP contribution >= 0.6 is 0 Å². The third-order valence-electron chi connectivity index (χ3n) is 3.52. The second-order valence-corrected chi connectivity index (χ2v) is 4.74. The van der Waals surface area contributed by atoms with E-state index < -0.39 is 0 Å². The highest BCUT2D eigenvalue weighted by molar-refractivity contribution is 5.52. The molecule has 1 heterocycles. The number of benzene rings is 2. The highest BCUT2D eigenvalue weighted by atomic mass is 16.3. The smallest absolute Gasteiger partial charge is 0.116 e. The summed E-state index contributed by atoms with van der Waals surface area (Å²) in [4.78, 5) is 4.70. The van der Waals surface area contributed by atoms with Crippen LogP contribution in [0, 0.1) is 6.07 Å². The SMILES string of the molecule is Oc1c[c]c(N2CCN(c3ccccc3)CC2)cc1. The van der Waals surface area contributed by atoms with Gasteiger partial charge in [0.05, 0.1) is 0 Å². The second-order valence-electron chi connectivity index (χ2n) is 4.74. The maximum absolute atomic E-state index is 9.29. The molecule has 0 aromatic heterocycles. The molecule has 2 aromatic carbocycles. The van der Waals surface area contributed by atoms with Gasteiger partial charge in [0.15, 0.2) is 0 Å². The summed E-state index contributed by atoms with van der Waals surface area (Å²) in [5.74, 6) is 0.270. The first-order valence-corrected chi connectivity index (χ1v) is 6.58. The molecule has 0 bridgehead atoms. The average molecular weight is 253 g/mol. The van der Waals surface area contributed by atoms with Gasteiger partial charge in [-0.1, -0.05) is 18.2 Å². The van der Waals surface area contributed by atoms with Gasteiger partial charge in [-0.05, 0) is 30.3 Å². The molecule has 3 rings (SSSR count). The van der Waals surface area contributed by atoms with E-state index in [9.17, 15) is 5.11 Å². The minimum atomic E-state index is 0.270. The first-order valence-electron chi connectivity index (χ1n) is 6.58. The lowest BCUT2D eigenvalue weighted by Crippen LogP contribution is -2.46. The molecule has 0 spiro atoms. The van der Waals surface area contributed by atoms with Crippen LogP contribution in [0.25, 0.3) is 0 Å². The zero-order chi connectivity index (χ0) is 13.1. The van der Waals surface area contributed by atoms with Gasteiger partial charge in [-0.25, -0.2) is 0 Å². The Labute approximate surface area is 113 Å². The van der Waals surface area contributed by atoms with Gasteiger partial charge in [-0.2, -0.15) is 0 Å². The van der Waals surface area contributed by atoms with Crippen LogP contribution < -0.4 is 9.80 Å². The molecule has 1 saturated heterocycles. The van der Waals surface area contributed by atoms with Crippen LogP contribution in [0.2, 0.25) is 0 Å². The number of aromatic hydroxyl groups is 1. The highest BCUT2D eigenvalue weighted by Crippen LogP contribution is 2.21. The van der Waals surface area contributed by atoms with E-state index in [0.717, 1.165) is 31.9 Å². The molecule has 1 fully saturated rings. The summed E-state index contributed by atoms with van der Waals surface area (Å²) in [6, 6.07) is 18.9. The Bertz CT molecular complexity index is 516. The lowest BCUT2D eigenvalue weighted by atomic mass is 10.2. The molecular formula is C16H17N2O. The van der Waals surface area contributed by atoms with E-state index in [-0.39, 0.29) is 5.75 Å². The van der Waals surface area contributed by atoms with Crippen molar-refractivity contribution in [3.63, 3.8) is 0 Å². The van der Waals surface area contributed by atoms with Crippen molar-refractivity contribution in [1.29, 1.82) is 0 Å². The Morgan fingerprint density at radius 1 is 0.842 bits per heavy atom. The Balaban J connectivity index is 1.65. The predicted molar refractivity (Wildman–Crippen MR) is 77.8 cm³/mol. The maximum atomic E-state index is 9.29. The van der Waals surface area contributed by atoms with Crippen LogP contribution in [0.3, 0.4) is 0 Å². The van der Waals surface area contributed by atoms with E-state index in [1.54, 1.807) is 12.1 Å². The zero-order valence-corrected chi connectivity index (χ0v) is 10.8. The van der Waals surface area contributed by atoms with Gasteiger partial charge >= 0.3 is 0 Å². The molecule has 0 aliphatic carbocycles.